The Balaban J connectivity index is 2.59. The molecule has 1 rings (SSSR count). The lowest BCUT2D eigenvalue weighted by Crippen LogP contribution is -2.51. The highest BCUT2D eigenvalue weighted by molar-refractivity contribution is 5.88. The van der Waals surface area contributed by atoms with E-state index in [1.807, 2.05) is 7.05 Å². The van der Waals surface area contributed by atoms with Crippen LogP contribution < -0.4 is 16.4 Å². The van der Waals surface area contributed by atoms with Gasteiger partial charge in [0.2, 0.25) is 11.8 Å². The van der Waals surface area contributed by atoms with Crippen LogP contribution in [0.4, 0.5) is 0 Å². The SMILES string of the molecule is CNC1(CC(=O)N[C@H](CC(N)=O)C(=O)O)CCCCC1. The highest BCUT2D eigenvalue weighted by Gasteiger charge is 2.33. The third kappa shape index (κ3) is 4.80. The zero-order valence-corrected chi connectivity index (χ0v) is 11.8. The van der Waals surface area contributed by atoms with Crippen LogP contribution in [-0.2, 0) is 14.4 Å². The molecule has 7 nitrogen and oxygen atoms in total. The molecular weight excluding hydrogens is 262 g/mol. The Morgan fingerprint density at radius 1 is 1.25 bits per heavy atom. The van der Waals surface area contributed by atoms with Gasteiger partial charge in [-0.25, -0.2) is 4.79 Å². The molecule has 0 aromatic heterocycles. The number of rotatable bonds is 7. The van der Waals surface area contributed by atoms with Crippen molar-refractivity contribution >= 4 is 17.8 Å². The average Bonchev–Trinajstić information content (AvgIpc) is 2.38. The summed E-state index contributed by atoms with van der Waals surface area (Å²) in [6.07, 6.45) is 4.87. The van der Waals surface area contributed by atoms with Crippen LogP contribution in [0.3, 0.4) is 0 Å². The number of carboxylic acid groups (broad SMARTS) is 1. The number of aliphatic carboxylic acids is 1. The molecule has 7 heteroatoms. The van der Waals surface area contributed by atoms with Gasteiger partial charge in [0.1, 0.15) is 6.04 Å². The van der Waals surface area contributed by atoms with Crippen molar-refractivity contribution in [3.05, 3.63) is 0 Å². The lowest BCUT2D eigenvalue weighted by molar-refractivity contribution is -0.143. The van der Waals surface area contributed by atoms with E-state index < -0.39 is 24.3 Å². The molecule has 2 amide bonds. The molecule has 1 fully saturated rings. The third-order valence-corrected chi connectivity index (χ3v) is 3.88. The van der Waals surface area contributed by atoms with Crippen molar-refractivity contribution < 1.29 is 19.5 Å². The van der Waals surface area contributed by atoms with Crippen LogP contribution in [0.1, 0.15) is 44.9 Å². The largest absolute Gasteiger partial charge is 0.480 e. The molecule has 0 saturated heterocycles. The quantitative estimate of drug-likeness (QED) is 0.513. The molecule has 0 aromatic rings. The van der Waals surface area contributed by atoms with E-state index >= 15 is 0 Å². The summed E-state index contributed by atoms with van der Waals surface area (Å²) in [6.45, 7) is 0. The van der Waals surface area contributed by atoms with Gasteiger partial charge in [-0.2, -0.15) is 0 Å². The number of carbonyl (C=O) groups is 3. The first kappa shape index (κ1) is 16.4. The van der Waals surface area contributed by atoms with Crippen molar-refractivity contribution in [1.29, 1.82) is 0 Å². The zero-order chi connectivity index (χ0) is 15.2. The fourth-order valence-corrected chi connectivity index (χ4v) is 2.70. The van der Waals surface area contributed by atoms with Gasteiger partial charge in [-0.15, -0.1) is 0 Å². The van der Waals surface area contributed by atoms with Crippen LogP contribution in [0.5, 0.6) is 0 Å². The van der Waals surface area contributed by atoms with Crippen molar-refractivity contribution in [2.75, 3.05) is 7.05 Å². The van der Waals surface area contributed by atoms with E-state index in [1.54, 1.807) is 0 Å². The number of hydrogen-bond donors (Lipinski definition) is 4. The molecule has 0 bridgehead atoms. The Morgan fingerprint density at radius 2 is 1.85 bits per heavy atom. The number of primary amides is 1. The zero-order valence-electron chi connectivity index (χ0n) is 11.8. The van der Waals surface area contributed by atoms with E-state index in [-0.39, 0.29) is 17.9 Å². The van der Waals surface area contributed by atoms with Gasteiger partial charge in [0.05, 0.1) is 6.42 Å². The molecule has 1 aliphatic carbocycles. The molecule has 0 unspecified atom stereocenters. The van der Waals surface area contributed by atoms with Crippen molar-refractivity contribution in [2.45, 2.75) is 56.5 Å². The highest BCUT2D eigenvalue weighted by atomic mass is 16.4. The number of hydrogen-bond acceptors (Lipinski definition) is 4. The molecule has 0 heterocycles. The Bertz CT molecular complexity index is 378. The van der Waals surface area contributed by atoms with Crippen molar-refractivity contribution in [2.24, 2.45) is 5.73 Å². The molecule has 0 radical (unpaired) electrons. The number of carbonyl (C=O) groups excluding carboxylic acids is 2. The van der Waals surface area contributed by atoms with Gasteiger partial charge in [0.25, 0.3) is 0 Å². The predicted octanol–water partition coefficient (Wildman–Crippen LogP) is -0.256. The Hall–Kier alpha value is -1.63. The second kappa shape index (κ2) is 7.23. The van der Waals surface area contributed by atoms with Gasteiger partial charge in [0.15, 0.2) is 0 Å². The highest BCUT2D eigenvalue weighted by Crippen LogP contribution is 2.30. The van der Waals surface area contributed by atoms with Crippen molar-refractivity contribution in [3.8, 4) is 0 Å². The van der Waals surface area contributed by atoms with Crippen LogP contribution >= 0.6 is 0 Å². The van der Waals surface area contributed by atoms with Crippen molar-refractivity contribution in [1.82, 2.24) is 10.6 Å². The first-order chi connectivity index (χ1) is 9.38. The Kier molecular flexibility index (Phi) is 5.94. The number of nitrogens with one attached hydrogen (secondary N) is 2. The van der Waals surface area contributed by atoms with Gasteiger partial charge in [-0.1, -0.05) is 19.3 Å². The molecule has 1 saturated carbocycles. The minimum atomic E-state index is -1.25. The predicted molar refractivity (Wildman–Crippen MR) is 72.9 cm³/mol. The molecule has 114 valence electrons. The molecule has 5 N–H and O–H groups in total. The number of amides is 2. The molecular formula is C13H23N3O4. The lowest BCUT2D eigenvalue weighted by atomic mass is 9.79. The molecule has 1 aliphatic rings. The average molecular weight is 285 g/mol. The van der Waals surface area contributed by atoms with Crippen LogP contribution in [0.2, 0.25) is 0 Å². The second-order valence-electron chi connectivity index (χ2n) is 5.40. The van der Waals surface area contributed by atoms with Crippen molar-refractivity contribution in [3.63, 3.8) is 0 Å². The van der Waals surface area contributed by atoms with Crippen LogP contribution in [0, 0.1) is 0 Å². The first-order valence-electron chi connectivity index (χ1n) is 6.88. The van der Waals surface area contributed by atoms with E-state index in [9.17, 15) is 14.4 Å². The normalized spacial score (nSPS) is 19.1. The van der Waals surface area contributed by atoms with E-state index in [2.05, 4.69) is 10.6 Å². The molecule has 20 heavy (non-hydrogen) atoms. The van der Waals surface area contributed by atoms with Gasteiger partial charge >= 0.3 is 5.97 Å². The topological polar surface area (TPSA) is 122 Å². The smallest absolute Gasteiger partial charge is 0.326 e. The maximum Gasteiger partial charge on any atom is 0.326 e. The fourth-order valence-electron chi connectivity index (χ4n) is 2.70. The summed E-state index contributed by atoms with van der Waals surface area (Å²) in [5.74, 6) is -2.37. The van der Waals surface area contributed by atoms with Crippen LogP contribution in [0.25, 0.3) is 0 Å². The second-order valence-corrected chi connectivity index (χ2v) is 5.40. The third-order valence-electron chi connectivity index (χ3n) is 3.88. The van der Waals surface area contributed by atoms with Crippen LogP contribution in [0.15, 0.2) is 0 Å². The standard InChI is InChI=1S/C13H23N3O4/c1-15-13(5-3-2-4-6-13)8-11(18)16-9(12(19)20)7-10(14)17/h9,15H,2-8H2,1H3,(H2,14,17)(H,16,18)(H,19,20)/t9-/m1/s1. The summed E-state index contributed by atoms with van der Waals surface area (Å²) in [7, 11) is 1.82. The molecule has 0 spiro atoms. The summed E-state index contributed by atoms with van der Waals surface area (Å²) in [5.41, 5.74) is 4.71. The Labute approximate surface area is 118 Å². The van der Waals surface area contributed by atoms with Gasteiger partial charge in [-0.3, -0.25) is 9.59 Å². The molecule has 0 aromatic carbocycles. The summed E-state index contributed by atoms with van der Waals surface area (Å²) in [5, 5.41) is 14.5. The van der Waals surface area contributed by atoms with E-state index in [4.69, 9.17) is 10.8 Å². The van der Waals surface area contributed by atoms with E-state index in [1.165, 1.54) is 0 Å². The fraction of sp³-hybridized carbons (Fsp3) is 0.769. The minimum absolute atomic E-state index is 0.214. The summed E-state index contributed by atoms with van der Waals surface area (Å²) >= 11 is 0. The van der Waals surface area contributed by atoms with Gasteiger partial charge in [0, 0.05) is 12.0 Å². The Morgan fingerprint density at radius 3 is 2.30 bits per heavy atom. The maximum absolute atomic E-state index is 12.0. The lowest BCUT2D eigenvalue weighted by Gasteiger charge is -2.36. The van der Waals surface area contributed by atoms with E-state index in [0.29, 0.717) is 0 Å². The number of carboxylic acids is 1. The minimum Gasteiger partial charge on any atom is -0.480 e. The summed E-state index contributed by atoms with van der Waals surface area (Å²) in [4.78, 5) is 33.8. The van der Waals surface area contributed by atoms with Gasteiger partial charge in [-0.05, 0) is 19.9 Å². The van der Waals surface area contributed by atoms with Crippen LogP contribution in [-0.4, -0.2) is 41.5 Å². The number of nitrogens with two attached hydrogens (primary N) is 1. The van der Waals surface area contributed by atoms with Gasteiger partial charge < -0.3 is 21.5 Å². The monoisotopic (exact) mass is 285 g/mol. The molecule has 0 aliphatic heterocycles. The molecule has 1 atom stereocenters. The summed E-state index contributed by atoms with van der Waals surface area (Å²) < 4.78 is 0. The summed E-state index contributed by atoms with van der Waals surface area (Å²) in [6, 6.07) is -1.25. The first-order valence-corrected chi connectivity index (χ1v) is 6.88. The maximum atomic E-state index is 12.0. The van der Waals surface area contributed by atoms with E-state index in [0.717, 1.165) is 32.1 Å².